The van der Waals surface area contributed by atoms with Gasteiger partial charge in [0.25, 0.3) is 0 Å². The molecule has 120 valence electrons. The second-order valence-electron chi connectivity index (χ2n) is 5.96. The normalized spacial score (nSPS) is 19.9. The van der Waals surface area contributed by atoms with Gasteiger partial charge in [-0.3, -0.25) is 19.7 Å². The van der Waals surface area contributed by atoms with E-state index in [0.717, 1.165) is 30.8 Å². The van der Waals surface area contributed by atoms with Gasteiger partial charge >= 0.3 is 0 Å². The zero-order valence-corrected chi connectivity index (χ0v) is 13.6. The minimum Gasteiger partial charge on any atom is -0.311 e. The highest BCUT2D eigenvalue weighted by Crippen LogP contribution is 2.27. The maximum absolute atomic E-state index is 13.0. The summed E-state index contributed by atoms with van der Waals surface area (Å²) in [4.78, 5) is 25.5. The molecule has 5 heteroatoms. The van der Waals surface area contributed by atoms with Crippen LogP contribution >= 0.6 is 0 Å². The van der Waals surface area contributed by atoms with Crippen molar-refractivity contribution in [1.82, 2.24) is 14.9 Å². The summed E-state index contributed by atoms with van der Waals surface area (Å²) in [6.45, 7) is 2.85. The van der Waals surface area contributed by atoms with E-state index in [-0.39, 0.29) is 18.0 Å². The number of hydrogen-bond acceptors (Lipinski definition) is 4. The van der Waals surface area contributed by atoms with E-state index in [9.17, 15) is 4.79 Å². The van der Waals surface area contributed by atoms with Crippen molar-refractivity contribution in [2.75, 3.05) is 18.5 Å². The minimum atomic E-state index is -0.124. The van der Waals surface area contributed by atoms with Crippen LogP contribution in [-0.4, -0.2) is 40.4 Å². The van der Waals surface area contributed by atoms with E-state index in [2.05, 4.69) is 21.8 Å². The van der Waals surface area contributed by atoms with Gasteiger partial charge in [-0.15, -0.1) is 0 Å². The van der Waals surface area contributed by atoms with E-state index < -0.39 is 0 Å². The molecule has 1 aromatic heterocycles. The summed E-state index contributed by atoms with van der Waals surface area (Å²) >= 11 is 0. The fraction of sp³-hybridized carbons (Fsp3) is 0.389. The van der Waals surface area contributed by atoms with Gasteiger partial charge in [-0.1, -0.05) is 18.2 Å². The van der Waals surface area contributed by atoms with Crippen molar-refractivity contribution in [3.05, 3.63) is 54.6 Å². The highest BCUT2D eigenvalue weighted by atomic mass is 16.2. The van der Waals surface area contributed by atoms with Crippen molar-refractivity contribution >= 4 is 11.6 Å². The Kier molecular flexibility index (Phi) is 4.67. The molecular formula is C18H22N4O. The highest BCUT2D eigenvalue weighted by molar-refractivity contribution is 5.97. The first-order chi connectivity index (χ1) is 11.2. The number of carbonyl (C=O) groups is 1. The second-order valence-corrected chi connectivity index (χ2v) is 5.96. The summed E-state index contributed by atoms with van der Waals surface area (Å²) in [7, 11) is 2.00. The molecule has 1 aliphatic heterocycles. The molecule has 0 unspecified atom stereocenters. The number of amides is 1. The van der Waals surface area contributed by atoms with Gasteiger partial charge < -0.3 is 4.90 Å². The topological polar surface area (TPSA) is 49.3 Å². The molecule has 0 spiro atoms. The molecule has 0 bridgehead atoms. The van der Waals surface area contributed by atoms with Gasteiger partial charge in [0.15, 0.2) is 0 Å². The van der Waals surface area contributed by atoms with Crippen molar-refractivity contribution in [3.8, 4) is 0 Å². The average Bonchev–Trinajstić information content (AvgIpc) is 2.62. The molecule has 5 nitrogen and oxygen atoms in total. The number of nitrogens with zero attached hydrogens (tertiary/aromatic N) is 4. The Morgan fingerprint density at radius 3 is 2.74 bits per heavy atom. The minimum absolute atomic E-state index is 0.0494. The van der Waals surface area contributed by atoms with E-state index in [1.165, 1.54) is 0 Å². The molecule has 3 rings (SSSR count). The number of carbonyl (C=O) groups excluding carboxylic acids is 1. The number of piperidine rings is 1. The van der Waals surface area contributed by atoms with E-state index in [1.54, 1.807) is 18.6 Å². The number of para-hydroxylation sites is 1. The van der Waals surface area contributed by atoms with Crippen molar-refractivity contribution in [2.45, 2.75) is 31.8 Å². The van der Waals surface area contributed by atoms with Crippen LogP contribution in [0.2, 0.25) is 0 Å². The third-order valence-corrected chi connectivity index (χ3v) is 4.59. The number of rotatable bonds is 4. The maximum Gasteiger partial charge on any atom is 0.244 e. The molecule has 1 amide bonds. The molecule has 0 aliphatic carbocycles. The molecule has 1 saturated heterocycles. The molecule has 0 saturated carbocycles. The first-order valence-electron chi connectivity index (χ1n) is 8.03. The molecule has 23 heavy (non-hydrogen) atoms. The Balaban J connectivity index is 1.78. The van der Waals surface area contributed by atoms with Gasteiger partial charge in [0.2, 0.25) is 5.91 Å². The molecule has 1 aromatic carbocycles. The van der Waals surface area contributed by atoms with Crippen LogP contribution in [0.15, 0.2) is 48.9 Å². The van der Waals surface area contributed by atoms with E-state index in [4.69, 9.17) is 0 Å². The first-order valence-corrected chi connectivity index (χ1v) is 8.03. The van der Waals surface area contributed by atoms with Crippen LogP contribution in [-0.2, 0) is 4.79 Å². The predicted octanol–water partition coefficient (Wildman–Crippen LogP) is 2.67. The lowest BCUT2D eigenvalue weighted by Gasteiger charge is -2.39. The van der Waals surface area contributed by atoms with Crippen molar-refractivity contribution in [3.63, 3.8) is 0 Å². The van der Waals surface area contributed by atoms with Crippen LogP contribution in [0, 0.1) is 0 Å². The number of likely N-dealkylation sites (N-methyl/N-ethyl adjacent to an activating group) is 1. The molecule has 0 radical (unpaired) electrons. The second kappa shape index (κ2) is 6.87. The van der Waals surface area contributed by atoms with Crippen molar-refractivity contribution in [2.24, 2.45) is 0 Å². The van der Waals surface area contributed by atoms with Crippen LogP contribution in [0.5, 0.6) is 0 Å². The molecule has 1 aliphatic rings. The number of benzene rings is 1. The van der Waals surface area contributed by atoms with Crippen LogP contribution in [0.25, 0.3) is 0 Å². The van der Waals surface area contributed by atoms with Gasteiger partial charge in [-0.05, 0) is 38.9 Å². The Morgan fingerprint density at radius 2 is 2.04 bits per heavy atom. The average molecular weight is 310 g/mol. The standard InChI is InChI=1S/C18H22N4O/c1-14(16-13-19-10-11-20-16)21(2)17-9-6-12-22(18(17)23)15-7-4-3-5-8-15/h3-5,7-8,10-11,13-14,17H,6,9,12H2,1-2H3/t14-,17+/m1/s1. The predicted molar refractivity (Wildman–Crippen MR) is 90.0 cm³/mol. The summed E-state index contributed by atoms with van der Waals surface area (Å²) in [6, 6.07) is 9.82. The van der Waals surface area contributed by atoms with Crippen LogP contribution in [0.1, 0.15) is 31.5 Å². The molecule has 0 N–H and O–H groups in total. The zero-order chi connectivity index (χ0) is 16.2. The summed E-state index contributed by atoms with van der Waals surface area (Å²) in [6.07, 6.45) is 7.01. The molecule has 2 aromatic rings. The fourth-order valence-corrected chi connectivity index (χ4v) is 3.10. The van der Waals surface area contributed by atoms with Gasteiger partial charge in [-0.2, -0.15) is 0 Å². The zero-order valence-electron chi connectivity index (χ0n) is 13.6. The van der Waals surface area contributed by atoms with Gasteiger partial charge in [-0.25, -0.2) is 0 Å². The largest absolute Gasteiger partial charge is 0.311 e. The third-order valence-electron chi connectivity index (χ3n) is 4.59. The molecule has 2 heterocycles. The summed E-state index contributed by atoms with van der Waals surface area (Å²) in [5.41, 5.74) is 1.86. The number of hydrogen-bond donors (Lipinski definition) is 0. The Hall–Kier alpha value is -2.27. The SMILES string of the molecule is C[C@H](c1cnccn1)N(C)[C@H]1CCCN(c2ccccc2)C1=O. The first kappa shape index (κ1) is 15.6. The third kappa shape index (κ3) is 3.24. The fourth-order valence-electron chi connectivity index (χ4n) is 3.10. The monoisotopic (exact) mass is 310 g/mol. The highest BCUT2D eigenvalue weighted by Gasteiger charge is 2.34. The Bertz CT molecular complexity index is 647. The van der Waals surface area contributed by atoms with Crippen molar-refractivity contribution in [1.29, 1.82) is 0 Å². The maximum atomic E-state index is 13.0. The van der Waals surface area contributed by atoms with Crippen molar-refractivity contribution < 1.29 is 4.79 Å². The van der Waals surface area contributed by atoms with Gasteiger partial charge in [0, 0.05) is 30.8 Å². The molecule has 1 fully saturated rings. The van der Waals surface area contributed by atoms with Gasteiger partial charge in [0.1, 0.15) is 0 Å². The summed E-state index contributed by atoms with van der Waals surface area (Å²) in [5.74, 6) is 0.167. The summed E-state index contributed by atoms with van der Waals surface area (Å²) in [5, 5.41) is 0. The van der Waals surface area contributed by atoms with Crippen LogP contribution in [0.4, 0.5) is 5.69 Å². The number of anilines is 1. The van der Waals surface area contributed by atoms with Crippen LogP contribution in [0.3, 0.4) is 0 Å². The van der Waals surface area contributed by atoms with E-state index in [0.29, 0.717) is 0 Å². The quantitative estimate of drug-likeness (QED) is 0.871. The lowest BCUT2D eigenvalue weighted by Crippen LogP contribution is -2.52. The number of aromatic nitrogens is 2. The smallest absolute Gasteiger partial charge is 0.244 e. The Labute approximate surface area is 137 Å². The van der Waals surface area contributed by atoms with Crippen LogP contribution < -0.4 is 4.90 Å². The van der Waals surface area contributed by atoms with Gasteiger partial charge in [0.05, 0.1) is 17.8 Å². The lowest BCUT2D eigenvalue weighted by atomic mass is 10.0. The van der Waals surface area contributed by atoms with E-state index >= 15 is 0 Å². The molecular weight excluding hydrogens is 288 g/mol. The summed E-state index contributed by atoms with van der Waals surface area (Å²) < 4.78 is 0. The van der Waals surface area contributed by atoms with E-state index in [1.807, 2.05) is 42.3 Å². The lowest BCUT2D eigenvalue weighted by molar-refractivity contribution is -0.125. The Morgan fingerprint density at radius 1 is 1.26 bits per heavy atom. The molecule has 2 atom stereocenters.